The fourth-order valence-corrected chi connectivity index (χ4v) is 5.93. The van der Waals surface area contributed by atoms with Crippen LogP contribution in [0.15, 0.2) is 170 Å². The van der Waals surface area contributed by atoms with E-state index < -0.39 is 12.1 Å². The van der Waals surface area contributed by atoms with Crippen molar-refractivity contribution in [1.29, 1.82) is 0 Å². The summed E-state index contributed by atoms with van der Waals surface area (Å²) in [6, 6.07) is 0. The smallest absolute Gasteiger partial charge is 0.306 e. The fourth-order valence-electron chi connectivity index (χ4n) is 5.93. The summed E-state index contributed by atoms with van der Waals surface area (Å²) < 4.78 is 16.6. The number of carbonyl (C=O) groups excluding carboxylic acids is 3. The standard InChI is InChI=1S/C60H88O6/c1-4-7-10-13-16-19-22-25-27-29-31-32-35-38-41-44-47-50-53-59(62)65-56-57(55-64-58(61)52-49-46-43-40-37-34-24-21-18-15-12-9-6-3)66-60(63)54-51-48-45-42-39-36-33-30-28-26-23-20-17-14-11-8-5-2/h8-9,11-12,15-22,24-29,31-34,36-37,40,42-43,45,57H,4-7,10,13-14,23,30,35,38-39,41,44,46-56H2,1-3H3/b11-8+,12-9+,18-15+,19-16+,20-17+,24-21+,25-22+,28-26+,29-27+,32-31+,36-33+,37-34+,43-40+,45-42+. The first-order valence-corrected chi connectivity index (χ1v) is 25.3. The van der Waals surface area contributed by atoms with Crippen molar-refractivity contribution in [1.82, 2.24) is 0 Å². The number of ether oxygens (including phenoxy) is 3. The maximum absolute atomic E-state index is 12.8. The van der Waals surface area contributed by atoms with E-state index in [1.807, 2.05) is 54.7 Å². The van der Waals surface area contributed by atoms with Gasteiger partial charge in [-0.25, -0.2) is 0 Å². The summed E-state index contributed by atoms with van der Waals surface area (Å²) in [5.41, 5.74) is 0. The van der Waals surface area contributed by atoms with E-state index in [1.54, 1.807) is 0 Å². The molecule has 0 spiro atoms. The summed E-state index contributed by atoms with van der Waals surface area (Å²) in [6.07, 6.45) is 77.7. The molecule has 0 saturated carbocycles. The van der Waals surface area contributed by atoms with Crippen LogP contribution in [-0.2, 0) is 28.6 Å². The first-order valence-electron chi connectivity index (χ1n) is 25.3. The third-order valence-electron chi connectivity index (χ3n) is 9.66. The van der Waals surface area contributed by atoms with Crippen LogP contribution in [0.5, 0.6) is 0 Å². The molecule has 0 aliphatic carbocycles. The second-order valence-corrected chi connectivity index (χ2v) is 15.8. The van der Waals surface area contributed by atoms with E-state index in [4.69, 9.17) is 14.2 Å². The van der Waals surface area contributed by atoms with E-state index in [2.05, 4.69) is 136 Å². The van der Waals surface area contributed by atoms with Crippen molar-refractivity contribution < 1.29 is 28.6 Å². The molecule has 0 heterocycles. The molecule has 0 aliphatic heterocycles. The van der Waals surface area contributed by atoms with Crippen molar-refractivity contribution in [3.63, 3.8) is 0 Å². The highest BCUT2D eigenvalue weighted by Crippen LogP contribution is 2.11. The second kappa shape index (κ2) is 52.4. The first-order chi connectivity index (χ1) is 32.5. The SMILES string of the molecule is CC/C=C/C=C/C=C/C=C/C=C/CCCC(=O)OCC(COC(=O)CCCCCCC/C=C/C=C/C=C/C=C/CCCCC)OC(=O)CCC/C=C/C/C=C/C/C=C/C/C=C/C/C=C/CC. The van der Waals surface area contributed by atoms with Gasteiger partial charge in [-0.15, -0.1) is 0 Å². The van der Waals surface area contributed by atoms with Crippen molar-refractivity contribution in [2.24, 2.45) is 0 Å². The van der Waals surface area contributed by atoms with Crippen LogP contribution >= 0.6 is 0 Å². The second-order valence-electron chi connectivity index (χ2n) is 15.8. The number of allylic oxidation sites excluding steroid dienone is 28. The van der Waals surface area contributed by atoms with Gasteiger partial charge in [0.05, 0.1) is 0 Å². The molecular formula is C60H88O6. The normalized spacial score (nSPS) is 13.6. The van der Waals surface area contributed by atoms with E-state index in [0.717, 1.165) is 96.3 Å². The molecule has 6 heteroatoms. The Morgan fingerprint density at radius 2 is 0.682 bits per heavy atom. The Labute approximate surface area is 402 Å². The zero-order valence-electron chi connectivity index (χ0n) is 41.4. The summed E-state index contributed by atoms with van der Waals surface area (Å²) >= 11 is 0. The van der Waals surface area contributed by atoms with Gasteiger partial charge in [-0.3, -0.25) is 14.4 Å². The lowest BCUT2D eigenvalue weighted by Gasteiger charge is -2.18. The molecule has 0 saturated heterocycles. The largest absolute Gasteiger partial charge is 0.462 e. The lowest BCUT2D eigenvalue weighted by Crippen LogP contribution is -2.30. The van der Waals surface area contributed by atoms with E-state index in [-0.39, 0.29) is 38.0 Å². The van der Waals surface area contributed by atoms with Gasteiger partial charge in [0, 0.05) is 19.3 Å². The average molecular weight is 905 g/mol. The van der Waals surface area contributed by atoms with Crippen LogP contribution in [-0.4, -0.2) is 37.2 Å². The number of hydrogen-bond acceptors (Lipinski definition) is 6. The highest BCUT2D eigenvalue weighted by atomic mass is 16.6. The zero-order valence-corrected chi connectivity index (χ0v) is 41.4. The molecule has 6 nitrogen and oxygen atoms in total. The Balaban J connectivity index is 4.67. The van der Waals surface area contributed by atoms with Crippen molar-refractivity contribution in [3.8, 4) is 0 Å². The number of unbranched alkanes of at least 4 members (excludes halogenated alkanes) is 10. The molecule has 1 atom stereocenters. The van der Waals surface area contributed by atoms with Crippen LogP contribution < -0.4 is 0 Å². The van der Waals surface area contributed by atoms with Crippen molar-refractivity contribution in [2.75, 3.05) is 13.2 Å². The molecule has 0 aromatic carbocycles. The minimum atomic E-state index is -0.856. The Kier molecular flexibility index (Phi) is 48.2. The van der Waals surface area contributed by atoms with Crippen molar-refractivity contribution in [3.05, 3.63) is 170 Å². The molecule has 1 unspecified atom stereocenters. The third kappa shape index (κ3) is 49.8. The molecule has 66 heavy (non-hydrogen) atoms. The highest BCUT2D eigenvalue weighted by Gasteiger charge is 2.19. The van der Waals surface area contributed by atoms with E-state index in [1.165, 1.54) is 19.3 Å². The Morgan fingerprint density at radius 1 is 0.333 bits per heavy atom. The van der Waals surface area contributed by atoms with Gasteiger partial charge >= 0.3 is 17.9 Å². The topological polar surface area (TPSA) is 78.9 Å². The number of rotatable bonds is 42. The summed E-state index contributed by atoms with van der Waals surface area (Å²) in [7, 11) is 0. The Hall–Kier alpha value is -5.23. The number of esters is 3. The maximum Gasteiger partial charge on any atom is 0.306 e. The number of hydrogen-bond donors (Lipinski definition) is 0. The molecule has 0 fully saturated rings. The van der Waals surface area contributed by atoms with Gasteiger partial charge in [-0.1, -0.05) is 223 Å². The summed E-state index contributed by atoms with van der Waals surface area (Å²) in [6.45, 7) is 6.17. The molecule has 0 radical (unpaired) electrons. The zero-order chi connectivity index (χ0) is 47.9. The highest BCUT2D eigenvalue weighted by molar-refractivity contribution is 5.71. The Morgan fingerprint density at radius 3 is 1.17 bits per heavy atom. The number of carbonyl (C=O) groups is 3. The van der Waals surface area contributed by atoms with Crippen LogP contribution in [0.2, 0.25) is 0 Å². The predicted octanol–water partition coefficient (Wildman–Crippen LogP) is 16.8. The summed E-state index contributed by atoms with van der Waals surface area (Å²) in [5, 5.41) is 0. The summed E-state index contributed by atoms with van der Waals surface area (Å²) in [4.78, 5) is 37.9. The van der Waals surface area contributed by atoms with Gasteiger partial charge in [0.1, 0.15) is 13.2 Å². The van der Waals surface area contributed by atoms with Gasteiger partial charge in [-0.2, -0.15) is 0 Å². The van der Waals surface area contributed by atoms with Crippen molar-refractivity contribution >= 4 is 17.9 Å². The molecule has 0 rings (SSSR count). The predicted molar refractivity (Wildman–Crippen MR) is 283 cm³/mol. The lowest BCUT2D eigenvalue weighted by atomic mass is 10.1. The monoisotopic (exact) mass is 905 g/mol. The van der Waals surface area contributed by atoms with E-state index in [9.17, 15) is 14.4 Å². The van der Waals surface area contributed by atoms with E-state index >= 15 is 0 Å². The van der Waals surface area contributed by atoms with Crippen LogP contribution in [0.4, 0.5) is 0 Å². The van der Waals surface area contributed by atoms with Gasteiger partial charge in [0.2, 0.25) is 0 Å². The minimum absolute atomic E-state index is 0.145. The molecule has 0 aromatic rings. The fraction of sp³-hybridized carbons (Fsp3) is 0.483. The van der Waals surface area contributed by atoms with Crippen molar-refractivity contribution in [2.45, 2.75) is 175 Å². The van der Waals surface area contributed by atoms with Crippen LogP contribution in [0.25, 0.3) is 0 Å². The minimum Gasteiger partial charge on any atom is -0.462 e. The lowest BCUT2D eigenvalue weighted by molar-refractivity contribution is -0.167. The molecule has 0 aliphatic rings. The molecule has 0 N–H and O–H groups in total. The molecule has 0 amide bonds. The molecular weight excluding hydrogens is 817 g/mol. The van der Waals surface area contributed by atoms with Crippen LogP contribution in [0.1, 0.15) is 168 Å². The van der Waals surface area contributed by atoms with Gasteiger partial charge in [0.25, 0.3) is 0 Å². The van der Waals surface area contributed by atoms with Gasteiger partial charge in [0.15, 0.2) is 6.10 Å². The Bertz CT molecular complexity index is 1600. The van der Waals surface area contributed by atoms with Gasteiger partial charge < -0.3 is 14.2 Å². The van der Waals surface area contributed by atoms with E-state index in [0.29, 0.717) is 19.3 Å². The maximum atomic E-state index is 12.8. The molecule has 0 aromatic heterocycles. The summed E-state index contributed by atoms with van der Waals surface area (Å²) in [5.74, 6) is -1.12. The van der Waals surface area contributed by atoms with Crippen LogP contribution in [0, 0.1) is 0 Å². The molecule has 0 bridgehead atoms. The quantitative estimate of drug-likeness (QED) is 0.0200. The first kappa shape index (κ1) is 60.8. The van der Waals surface area contributed by atoms with Gasteiger partial charge in [-0.05, 0) is 96.3 Å². The van der Waals surface area contributed by atoms with Crippen LogP contribution in [0.3, 0.4) is 0 Å². The average Bonchev–Trinajstić information content (AvgIpc) is 3.31. The molecule has 364 valence electrons. The third-order valence-corrected chi connectivity index (χ3v) is 9.66.